The van der Waals surface area contributed by atoms with Crippen LogP contribution in [-0.4, -0.2) is 29.3 Å². The lowest BCUT2D eigenvalue weighted by molar-refractivity contribution is -0.123. The van der Waals surface area contributed by atoms with Gasteiger partial charge in [0.05, 0.1) is 0 Å². The zero-order valence-electron chi connectivity index (χ0n) is 15.1. The van der Waals surface area contributed by atoms with Crippen LogP contribution in [0, 0.1) is 0 Å². The fraction of sp³-hybridized carbons (Fsp3) is 0.200. The maximum atomic E-state index is 12.3. The quantitative estimate of drug-likeness (QED) is 0.484. The molecule has 1 fully saturated rings. The molecule has 0 aromatic heterocycles. The lowest BCUT2D eigenvalue weighted by atomic mass is 9.96. The SMILES string of the molecule is CC(=O)c1cccc(NC(=O)Nc2ccc3c(c2)CC2(C3)NC(=O)NC2=O)c1. The molecule has 2 aromatic carbocycles. The van der Waals surface area contributed by atoms with Gasteiger partial charge in [-0.15, -0.1) is 0 Å². The molecule has 2 aliphatic rings. The van der Waals surface area contributed by atoms with Gasteiger partial charge >= 0.3 is 12.1 Å². The molecule has 8 nitrogen and oxygen atoms in total. The summed E-state index contributed by atoms with van der Waals surface area (Å²) in [5.74, 6) is -0.411. The number of Topliss-reactive ketones (excluding diaryl/α,β-unsaturated/α-hetero) is 1. The molecular formula is C20H18N4O4. The Morgan fingerprint density at radius 1 is 0.964 bits per heavy atom. The first kappa shape index (κ1) is 17.7. The second-order valence-electron chi connectivity index (χ2n) is 7.04. The summed E-state index contributed by atoms with van der Waals surface area (Å²) in [6.07, 6.45) is 0.794. The summed E-state index contributed by atoms with van der Waals surface area (Å²) < 4.78 is 0. The maximum Gasteiger partial charge on any atom is 0.323 e. The molecule has 0 radical (unpaired) electrons. The maximum absolute atomic E-state index is 12.3. The second-order valence-corrected chi connectivity index (χ2v) is 7.04. The van der Waals surface area contributed by atoms with E-state index in [1.165, 1.54) is 6.92 Å². The van der Waals surface area contributed by atoms with Crippen molar-refractivity contribution in [1.29, 1.82) is 0 Å². The molecule has 0 bridgehead atoms. The van der Waals surface area contributed by atoms with Gasteiger partial charge in [0, 0.05) is 29.8 Å². The number of carbonyl (C=O) groups excluding carboxylic acids is 4. The zero-order valence-corrected chi connectivity index (χ0v) is 15.1. The summed E-state index contributed by atoms with van der Waals surface area (Å²) in [5, 5.41) is 10.4. The summed E-state index contributed by atoms with van der Waals surface area (Å²) in [6.45, 7) is 1.46. The Balaban J connectivity index is 1.45. The van der Waals surface area contributed by atoms with Gasteiger partial charge in [-0.05, 0) is 42.3 Å². The average Bonchev–Trinajstić information content (AvgIpc) is 3.12. The molecule has 1 heterocycles. The number of rotatable bonds is 3. The highest BCUT2D eigenvalue weighted by Crippen LogP contribution is 2.33. The standard InChI is InChI=1S/C20H18N4O4/c1-11(25)12-3-2-4-15(7-12)21-18(27)22-16-6-5-13-9-20(10-14(13)8-16)17(26)23-19(28)24-20/h2-8H,9-10H2,1H3,(H2,21,22,27)(H2,23,24,26,28). The third-order valence-electron chi connectivity index (χ3n) is 4.99. The van der Waals surface area contributed by atoms with Gasteiger partial charge in [0.25, 0.3) is 5.91 Å². The summed E-state index contributed by atoms with van der Waals surface area (Å²) in [7, 11) is 0. The van der Waals surface area contributed by atoms with Crippen LogP contribution >= 0.6 is 0 Å². The van der Waals surface area contributed by atoms with E-state index in [4.69, 9.17) is 0 Å². The first-order valence-corrected chi connectivity index (χ1v) is 8.79. The van der Waals surface area contributed by atoms with Crippen LogP contribution in [0.25, 0.3) is 0 Å². The van der Waals surface area contributed by atoms with E-state index in [0.29, 0.717) is 29.8 Å². The predicted molar refractivity (Wildman–Crippen MR) is 102 cm³/mol. The molecule has 1 spiro atoms. The van der Waals surface area contributed by atoms with E-state index >= 15 is 0 Å². The fourth-order valence-corrected chi connectivity index (χ4v) is 3.64. The van der Waals surface area contributed by atoms with Gasteiger partial charge < -0.3 is 16.0 Å². The number of fused-ring (bicyclic) bond motifs is 1. The van der Waals surface area contributed by atoms with Crippen LogP contribution in [0.3, 0.4) is 0 Å². The summed E-state index contributed by atoms with van der Waals surface area (Å²) >= 11 is 0. The van der Waals surface area contributed by atoms with Gasteiger partial charge in [0.15, 0.2) is 5.78 Å². The van der Waals surface area contributed by atoms with E-state index < -0.39 is 17.6 Å². The van der Waals surface area contributed by atoms with Gasteiger partial charge in [-0.3, -0.25) is 14.9 Å². The first-order chi connectivity index (χ1) is 13.3. The molecule has 1 unspecified atom stereocenters. The van der Waals surface area contributed by atoms with Gasteiger partial charge in [-0.1, -0.05) is 18.2 Å². The fourth-order valence-electron chi connectivity index (χ4n) is 3.64. The van der Waals surface area contributed by atoms with Crippen LogP contribution in [0.1, 0.15) is 28.4 Å². The zero-order chi connectivity index (χ0) is 19.9. The molecule has 1 atom stereocenters. The van der Waals surface area contributed by atoms with Gasteiger partial charge in [-0.25, -0.2) is 9.59 Å². The molecule has 4 N–H and O–H groups in total. The Hall–Kier alpha value is -3.68. The Bertz CT molecular complexity index is 1030. The highest BCUT2D eigenvalue weighted by atomic mass is 16.2. The van der Waals surface area contributed by atoms with Gasteiger partial charge in [0.1, 0.15) is 5.54 Å². The number of carbonyl (C=O) groups is 4. The van der Waals surface area contributed by atoms with Crippen molar-refractivity contribution >= 4 is 35.1 Å². The highest BCUT2D eigenvalue weighted by Gasteiger charge is 2.49. The van der Waals surface area contributed by atoms with Crippen LogP contribution in [0.15, 0.2) is 42.5 Å². The topological polar surface area (TPSA) is 116 Å². The van der Waals surface area contributed by atoms with Crippen molar-refractivity contribution in [2.45, 2.75) is 25.3 Å². The summed E-state index contributed by atoms with van der Waals surface area (Å²) in [5.41, 5.74) is 2.51. The van der Waals surface area contributed by atoms with Crippen LogP contribution in [0.2, 0.25) is 0 Å². The molecule has 8 heteroatoms. The normalized spacial score (nSPS) is 19.8. The average molecular weight is 378 g/mol. The third-order valence-corrected chi connectivity index (χ3v) is 4.99. The van der Waals surface area contributed by atoms with Crippen molar-refractivity contribution in [3.63, 3.8) is 0 Å². The van der Waals surface area contributed by atoms with E-state index in [1.54, 1.807) is 36.4 Å². The molecule has 4 rings (SSSR count). The molecule has 142 valence electrons. The number of amides is 5. The van der Waals surface area contributed by atoms with Gasteiger partial charge in [-0.2, -0.15) is 0 Å². The number of benzene rings is 2. The van der Waals surface area contributed by atoms with E-state index in [1.807, 2.05) is 6.07 Å². The van der Waals surface area contributed by atoms with Crippen molar-refractivity contribution in [3.05, 3.63) is 59.2 Å². The molecule has 2 aromatic rings. The first-order valence-electron chi connectivity index (χ1n) is 8.79. The number of urea groups is 2. The number of hydrogen-bond donors (Lipinski definition) is 4. The van der Waals surface area contributed by atoms with Crippen LogP contribution in [0.5, 0.6) is 0 Å². The number of imide groups is 1. The second kappa shape index (κ2) is 6.49. The van der Waals surface area contributed by atoms with Crippen LogP contribution in [-0.2, 0) is 17.6 Å². The highest BCUT2D eigenvalue weighted by molar-refractivity contribution is 6.08. The predicted octanol–water partition coefficient (Wildman–Crippen LogP) is 2.21. The molecule has 28 heavy (non-hydrogen) atoms. The number of nitrogens with one attached hydrogen (secondary N) is 4. The van der Waals surface area contributed by atoms with Crippen molar-refractivity contribution in [2.24, 2.45) is 0 Å². The molecule has 5 amide bonds. The lowest BCUT2D eigenvalue weighted by Gasteiger charge is -2.18. The third kappa shape index (κ3) is 3.20. The number of ketones is 1. The summed E-state index contributed by atoms with van der Waals surface area (Å²) in [4.78, 5) is 47.3. The minimum absolute atomic E-state index is 0.0837. The van der Waals surface area contributed by atoms with E-state index in [0.717, 1.165) is 11.1 Å². The molecule has 1 saturated heterocycles. The monoisotopic (exact) mass is 378 g/mol. The van der Waals surface area contributed by atoms with Crippen molar-refractivity contribution < 1.29 is 19.2 Å². The van der Waals surface area contributed by atoms with Crippen LogP contribution in [0.4, 0.5) is 21.0 Å². The van der Waals surface area contributed by atoms with E-state index in [2.05, 4.69) is 21.3 Å². The lowest BCUT2D eigenvalue weighted by Crippen LogP contribution is -2.47. The summed E-state index contributed by atoms with van der Waals surface area (Å²) in [6, 6.07) is 11.1. The smallest absolute Gasteiger partial charge is 0.323 e. The largest absolute Gasteiger partial charge is 0.323 e. The Kier molecular flexibility index (Phi) is 4.11. The van der Waals surface area contributed by atoms with E-state index in [-0.39, 0.29) is 11.7 Å². The van der Waals surface area contributed by atoms with Gasteiger partial charge in [0.2, 0.25) is 0 Å². The minimum Gasteiger partial charge on any atom is -0.323 e. The van der Waals surface area contributed by atoms with Crippen molar-refractivity contribution in [1.82, 2.24) is 10.6 Å². The molecule has 1 aliphatic heterocycles. The molecule has 1 aliphatic carbocycles. The minimum atomic E-state index is -0.937. The number of anilines is 2. The Labute approximate surface area is 160 Å². The van der Waals surface area contributed by atoms with E-state index in [9.17, 15) is 19.2 Å². The Morgan fingerprint density at radius 3 is 2.36 bits per heavy atom. The van der Waals surface area contributed by atoms with Crippen molar-refractivity contribution in [3.8, 4) is 0 Å². The number of hydrogen-bond acceptors (Lipinski definition) is 4. The molecule has 0 saturated carbocycles. The van der Waals surface area contributed by atoms with Crippen LogP contribution < -0.4 is 21.3 Å². The molecular weight excluding hydrogens is 360 g/mol. The Morgan fingerprint density at radius 2 is 1.68 bits per heavy atom. The van der Waals surface area contributed by atoms with Crippen molar-refractivity contribution in [2.75, 3.05) is 10.6 Å².